The van der Waals surface area contributed by atoms with E-state index in [0.29, 0.717) is 17.5 Å². The fraction of sp³-hybridized carbons (Fsp3) is 0.523. The van der Waals surface area contributed by atoms with Crippen LogP contribution in [0.25, 0.3) is 0 Å². The predicted octanol–water partition coefficient (Wildman–Crippen LogP) is -10.8. The van der Waals surface area contributed by atoms with Gasteiger partial charge in [-0.25, -0.2) is 0 Å². The normalized spacial score (nSPS) is 13.5. The van der Waals surface area contributed by atoms with Gasteiger partial charge in [-0.2, -0.15) is 12.6 Å². The van der Waals surface area contributed by atoms with Crippen molar-refractivity contribution >= 4 is 125 Å². The van der Waals surface area contributed by atoms with Crippen molar-refractivity contribution in [3.63, 3.8) is 0 Å². The fourth-order valence-electron chi connectivity index (χ4n) is 9.50. The van der Waals surface area contributed by atoms with Crippen molar-refractivity contribution in [1.29, 1.82) is 10.8 Å². The summed E-state index contributed by atoms with van der Waals surface area (Å²) in [5, 5.41) is 93.5. The highest BCUT2D eigenvalue weighted by Crippen LogP contribution is 2.15. The van der Waals surface area contributed by atoms with Crippen LogP contribution in [-0.4, -0.2) is 258 Å². The van der Waals surface area contributed by atoms with Crippen LogP contribution in [-0.2, 0) is 94.3 Å². The molecule has 0 spiro atoms. The molecule has 110 heavy (non-hydrogen) atoms. The molecular weight excluding hydrogens is 1470 g/mol. The zero-order valence-electron chi connectivity index (χ0n) is 60.9. The van der Waals surface area contributed by atoms with E-state index in [4.69, 9.17) is 33.8 Å². The van der Waals surface area contributed by atoms with E-state index in [1.54, 1.807) is 0 Å². The maximum atomic E-state index is 13.8. The number of nitrogens with one attached hydrogen (secondary N) is 19. The first-order valence-electron chi connectivity index (χ1n) is 34.3. The van der Waals surface area contributed by atoms with E-state index >= 15 is 0 Å². The molecule has 608 valence electrons. The van der Waals surface area contributed by atoms with Gasteiger partial charge in [-0.15, -0.1) is 0 Å². The molecule has 0 aliphatic carbocycles. The molecule has 10 atom stereocenters. The number of nitrogens with two attached hydrogens (primary N) is 4. The number of phenolic OH excluding ortho intramolecular Hbond substituents is 2. The lowest BCUT2D eigenvalue weighted by molar-refractivity contribution is -0.138. The minimum Gasteiger partial charge on any atom is -0.508 e. The third-order valence-corrected chi connectivity index (χ3v) is 15.8. The van der Waals surface area contributed by atoms with Crippen molar-refractivity contribution < 1.29 is 102 Å². The number of primary amides is 1. The molecule has 0 radical (unpaired) electrons. The van der Waals surface area contributed by atoms with Crippen LogP contribution in [0.15, 0.2) is 48.5 Å². The average molecular weight is 1570 g/mol. The van der Waals surface area contributed by atoms with Crippen LogP contribution in [0, 0.1) is 16.7 Å². The van der Waals surface area contributed by atoms with Gasteiger partial charge in [-0.1, -0.05) is 38.1 Å². The number of aliphatic hydroxyl groups is 1. The lowest BCUT2D eigenvalue weighted by Crippen LogP contribution is -2.60. The maximum Gasteiger partial charge on any atom is 0.303 e. The summed E-state index contributed by atoms with van der Waals surface area (Å²) in [5.74, 6) is -17.7. The molecule has 0 saturated heterocycles. The number of carbonyl (C=O) groups excluding carboxylic acids is 16. The van der Waals surface area contributed by atoms with Crippen LogP contribution in [0.2, 0.25) is 0 Å². The van der Waals surface area contributed by atoms with Crippen molar-refractivity contribution in [3.8, 4) is 11.5 Å². The summed E-state index contributed by atoms with van der Waals surface area (Å²) in [7, 11) is 0. The molecule has 0 aromatic heterocycles. The van der Waals surface area contributed by atoms with Crippen LogP contribution in [0.4, 0.5) is 0 Å². The molecule has 0 saturated carbocycles. The van der Waals surface area contributed by atoms with Gasteiger partial charge in [-0.05, 0) is 93.7 Å². The summed E-state index contributed by atoms with van der Waals surface area (Å²) in [6, 6.07) is -3.02. The second-order valence-corrected chi connectivity index (χ2v) is 25.6. The average Bonchev–Trinajstić information content (AvgIpc) is 0.860. The van der Waals surface area contributed by atoms with E-state index in [-0.39, 0.29) is 75.0 Å². The number of hydrogen-bond acceptors (Lipinski definition) is 24. The SMILES string of the molecule is CC(C)C[C@H](N)C(=O)N[C@@H](Cc1ccc(O)cc1)C(=O)N[C@@H](CCCNC(=N)N)C(=O)N[C@@H](C)C(=O)NCC(=O)NCC(=O)NCC(=O)NCC(=O)NCC(=O)NCC(=O)N[C@@H](CS)C(=O)N[C@@H](CCCNC(=N)N)C(=O)N[C@@H](C)C(=O)N[C@@H](CCC(=O)O)C(=O)N[C@@H](Cc1ccc(O)cc1)C(=O)N[C@@H](CO)C(N)=O. The number of phenols is 2. The topological polar surface area (TPSA) is 727 Å². The Bertz CT molecular complexity index is 3560. The Kier molecular flexibility index (Phi) is 42.4. The van der Waals surface area contributed by atoms with Gasteiger partial charge in [0.2, 0.25) is 94.5 Å². The minimum absolute atomic E-state index is 0.00741. The Hall–Kier alpha value is -12.2. The predicted molar refractivity (Wildman–Crippen MR) is 393 cm³/mol. The van der Waals surface area contributed by atoms with Gasteiger partial charge in [-0.3, -0.25) is 92.3 Å². The second kappa shape index (κ2) is 49.7. The monoisotopic (exact) mass is 1570 g/mol. The van der Waals surface area contributed by atoms with E-state index in [2.05, 4.69) is 103 Å². The molecule has 2 aromatic carbocycles. The number of benzene rings is 2. The third-order valence-electron chi connectivity index (χ3n) is 15.4. The van der Waals surface area contributed by atoms with Gasteiger partial charge < -0.3 is 134 Å². The van der Waals surface area contributed by atoms with Gasteiger partial charge in [0.25, 0.3) is 0 Å². The molecule has 45 heteroatoms. The van der Waals surface area contributed by atoms with Crippen LogP contribution >= 0.6 is 12.6 Å². The minimum atomic E-state index is -1.69. The Morgan fingerprint density at radius 3 is 1.10 bits per heavy atom. The summed E-state index contributed by atoms with van der Waals surface area (Å²) >= 11 is 4.12. The number of guanidine groups is 2. The molecule has 16 amide bonds. The van der Waals surface area contributed by atoms with Crippen molar-refractivity contribution in [2.75, 3.05) is 64.7 Å². The highest BCUT2D eigenvalue weighted by molar-refractivity contribution is 7.80. The number of hydrogen-bond donors (Lipinski definition) is 28. The molecule has 0 unspecified atom stereocenters. The van der Waals surface area contributed by atoms with Crippen LogP contribution in [0.1, 0.15) is 83.8 Å². The van der Waals surface area contributed by atoms with Crippen molar-refractivity contribution in [3.05, 3.63) is 59.7 Å². The summed E-state index contributed by atoms with van der Waals surface area (Å²) in [5.41, 5.74) is 23.0. The van der Waals surface area contributed by atoms with E-state index in [1.165, 1.54) is 62.4 Å². The first kappa shape index (κ1) is 93.9. The molecule has 0 heterocycles. The van der Waals surface area contributed by atoms with Crippen LogP contribution in [0.3, 0.4) is 0 Å². The van der Waals surface area contributed by atoms with E-state index in [1.807, 2.05) is 13.8 Å². The van der Waals surface area contributed by atoms with E-state index < -0.39 is 231 Å². The van der Waals surface area contributed by atoms with Crippen LogP contribution in [0.5, 0.6) is 11.5 Å². The Morgan fingerprint density at radius 2 is 0.727 bits per heavy atom. The number of carbonyl (C=O) groups is 17. The van der Waals surface area contributed by atoms with Crippen molar-refractivity contribution in [2.45, 2.75) is 146 Å². The molecule has 2 aromatic rings. The Balaban J connectivity index is 1.92. The first-order valence-corrected chi connectivity index (χ1v) is 35.0. The molecule has 0 fully saturated rings. The molecule has 31 N–H and O–H groups in total. The largest absolute Gasteiger partial charge is 0.508 e. The van der Waals surface area contributed by atoms with Gasteiger partial charge in [0, 0.05) is 38.1 Å². The molecular formula is C65H101N23O21S. The summed E-state index contributed by atoms with van der Waals surface area (Å²) in [6.07, 6.45) is -1.34. The summed E-state index contributed by atoms with van der Waals surface area (Å²) < 4.78 is 0. The van der Waals surface area contributed by atoms with Gasteiger partial charge in [0.15, 0.2) is 11.9 Å². The van der Waals surface area contributed by atoms with Crippen molar-refractivity contribution in [1.82, 2.24) is 90.4 Å². The van der Waals surface area contributed by atoms with Gasteiger partial charge >= 0.3 is 5.97 Å². The Morgan fingerprint density at radius 1 is 0.400 bits per heavy atom. The smallest absolute Gasteiger partial charge is 0.303 e. The summed E-state index contributed by atoms with van der Waals surface area (Å²) in [4.78, 5) is 221. The maximum absolute atomic E-state index is 13.8. The van der Waals surface area contributed by atoms with E-state index in [9.17, 15) is 102 Å². The third kappa shape index (κ3) is 38.9. The first-order chi connectivity index (χ1) is 51.8. The molecule has 2 rings (SSSR count). The highest BCUT2D eigenvalue weighted by atomic mass is 32.1. The zero-order valence-corrected chi connectivity index (χ0v) is 61.8. The van der Waals surface area contributed by atoms with Crippen molar-refractivity contribution in [2.24, 2.45) is 28.9 Å². The number of aromatic hydroxyl groups is 2. The number of thiol groups is 1. The lowest BCUT2D eigenvalue weighted by atomic mass is 10.0. The quantitative estimate of drug-likeness (QED) is 0.0127. The second-order valence-electron chi connectivity index (χ2n) is 25.2. The fourth-order valence-corrected chi connectivity index (χ4v) is 9.76. The van der Waals surface area contributed by atoms with Crippen LogP contribution < -0.4 is 113 Å². The molecule has 0 aliphatic rings. The number of aliphatic hydroxyl groups excluding tert-OH is 1. The number of amides is 16. The number of aliphatic carboxylic acids is 1. The summed E-state index contributed by atoms with van der Waals surface area (Å²) in [6.45, 7) is 1.05. The van der Waals surface area contributed by atoms with E-state index in [0.717, 1.165) is 0 Å². The number of rotatable bonds is 50. The molecule has 0 bridgehead atoms. The molecule has 44 nitrogen and oxygen atoms in total. The van der Waals surface area contributed by atoms with Gasteiger partial charge in [0.1, 0.15) is 65.9 Å². The van der Waals surface area contributed by atoms with Gasteiger partial charge in [0.05, 0.1) is 51.9 Å². The lowest BCUT2D eigenvalue weighted by Gasteiger charge is -2.26. The zero-order chi connectivity index (χ0) is 82.7. The standard InChI is InChI=1S/C65H101N23O21S/c1-32(2)21-39(66)57(103)86-43(22-35-9-13-37(90)14-10-35)61(107)84-40(7-5-19-72-64(68)69)58(104)80-33(3)55(101)79-28-51(96)77-26-49(94)75-24-47(92)74-25-48(93)76-27-50(95)78-29-52(97)82-46(31-110)63(109)85-41(8-6-20-73-65(70)71)59(105)81-34(4)56(102)83-42(17-18-53(98)99)60(106)87-44(23-36-11-15-38(91)16-12-36)62(108)88-45(30-89)54(67)100/h9-16,32-34,39-46,89-91,110H,5-8,17-31,66H2,1-4H3,(H2,67,100)(H,74,92)(H,75,94)(H,76,93)(H,77,96)(H,78,95)(H,79,101)(H,80,104)(H,81,105)(H,82,97)(H,83,102)(H,84,107)(H,85,109)(H,86,103)(H,87,106)(H,88,108)(H,98,99)(H4,68,69,72)(H4,70,71,73)/t33-,34-,39-,40-,41-,42-,43-,44-,45-,46-/m0/s1. The highest BCUT2D eigenvalue weighted by Gasteiger charge is 2.35. The Labute approximate surface area is 636 Å². The molecule has 0 aliphatic heterocycles. The number of carboxylic acids is 1. The number of carboxylic acid groups (broad SMARTS) is 1.